The normalized spacial score (nSPS) is 18.2. The van der Waals surface area contributed by atoms with Gasteiger partial charge in [-0.1, -0.05) is 50.3 Å². The molecule has 1 aliphatic heterocycles. The second-order valence-corrected chi connectivity index (χ2v) is 12.2. The second kappa shape index (κ2) is 10.9. The number of benzene rings is 1. The number of hydrogen-bond acceptors (Lipinski definition) is 6. The van der Waals surface area contributed by atoms with Gasteiger partial charge in [0.25, 0.3) is 0 Å². The first-order valence-electron chi connectivity index (χ1n) is 13.9. The lowest BCUT2D eigenvalue weighted by Gasteiger charge is -2.26. The molecule has 2 saturated carbocycles. The number of nitrogens with zero attached hydrogens (tertiary/aromatic N) is 4. The summed E-state index contributed by atoms with van der Waals surface area (Å²) in [5.41, 5.74) is 3.72. The molecule has 3 aliphatic rings. The Morgan fingerprint density at radius 1 is 1.21 bits per heavy atom. The molecule has 1 amide bonds. The van der Waals surface area contributed by atoms with Crippen molar-refractivity contribution >= 4 is 39.8 Å². The Morgan fingerprint density at radius 2 is 2.03 bits per heavy atom. The minimum absolute atomic E-state index is 0.0764. The van der Waals surface area contributed by atoms with E-state index < -0.39 is 0 Å². The molecule has 2 aliphatic carbocycles. The minimum Gasteiger partial charge on any atom is -0.488 e. The van der Waals surface area contributed by atoms with Gasteiger partial charge in [-0.05, 0) is 55.4 Å². The Bertz CT molecular complexity index is 1320. The quantitative estimate of drug-likeness (QED) is 0.291. The highest BCUT2D eigenvalue weighted by Gasteiger charge is 2.39. The highest BCUT2D eigenvalue weighted by atomic mass is 35.5. The van der Waals surface area contributed by atoms with Crippen molar-refractivity contribution in [3.8, 4) is 28.1 Å². The number of anilines is 2. The molecule has 0 bridgehead atoms. The molecule has 0 spiro atoms. The third-order valence-electron chi connectivity index (χ3n) is 8.23. The average molecular weight is 551 g/mol. The smallest absolute Gasteiger partial charge is 0.232 e. The Hall–Kier alpha value is -2.64. The largest absolute Gasteiger partial charge is 0.488 e. The highest BCUT2D eigenvalue weighted by molar-refractivity contribution is 7.14. The SMILES string of the molecule is CC[C@H](CC1CCCC1)C(=O)N(c1nc(-c2cc(Cl)ccc2-c2cnc3c(c2)OCCN3C)cs1)C1CC1. The Morgan fingerprint density at radius 3 is 2.79 bits per heavy atom. The fraction of sp³-hybridized carbons (Fsp3) is 0.500. The van der Waals surface area contributed by atoms with Crippen LogP contribution in [0.5, 0.6) is 5.75 Å². The summed E-state index contributed by atoms with van der Waals surface area (Å²) in [6.45, 7) is 3.62. The number of hydrogen-bond donors (Lipinski definition) is 0. The van der Waals surface area contributed by atoms with E-state index in [2.05, 4.69) is 22.2 Å². The van der Waals surface area contributed by atoms with Gasteiger partial charge in [-0.25, -0.2) is 9.97 Å². The summed E-state index contributed by atoms with van der Waals surface area (Å²) in [5.74, 6) is 2.67. The van der Waals surface area contributed by atoms with Crippen LogP contribution in [0.25, 0.3) is 22.4 Å². The Labute approximate surface area is 234 Å². The van der Waals surface area contributed by atoms with Crippen molar-refractivity contribution < 1.29 is 9.53 Å². The van der Waals surface area contributed by atoms with E-state index in [4.69, 9.17) is 21.3 Å². The van der Waals surface area contributed by atoms with Gasteiger partial charge in [0.05, 0.1) is 12.2 Å². The summed E-state index contributed by atoms with van der Waals surface area (Å²) < 4.78 is 5.91. The number of ether oxygens (including phenoxy) is 1. The van der Waals surface area contributed by atoms with Crippen molar-refractivity contribution in [3.05, 3.63) is 40.9 Å². The van der Waals surface area contributed by atoms with E-state index in [0.717, 1.165) is 71.3 Å². The van der Waals surface area contributed by atoms with Gasteiger partial charge in [0, 0.05) is 46.7 Å². The van der Waals surface area contributed by atoms with E-state index in [9.17, 15) is 4.79 Å². The van der Waals surface area contributed by atoms with Gasteiger partial charge in [0.15, 0.2) is 16.7 Å². The second-order valence-electron chi connectivity index (χ2n) is 11.0. The minimum atomic E-state index is 0.0764. The average Bonchev–Trinajstić information content (AvgIpc) is 3.40. The monoisotopic (exact) mass is 550 g/mol. The van der Waals surface area contributed by atoms with Crippen LogP contribution in [0.1, 0.15) is 58.3 Å². The van der Waals surface area contributed by atoms with Crippen LogP contribution in [-0.4, -0.2) is 42.1 Å². The van der Waals surface area contributed by atoms with E-state index >= 15 is 0 Å². The molecule has 3 aromatic rings. The molecule has 3 heterocycles. The molecule has 0 N–H and O–H groups in total. The van der Waals surface area contributed by atoms with Crippen molar-refractivity contribution in [1.29, 1.82) is 0 Å². The number of thiazole rings is 1. The van der Waals surface area contributed by atoms with Crippen molar-refractivity contribution in [1.82, 2.24) is 9.97 Å². The number of fused-ring (bicyclic) bond motifs is 1. The van der Waals surface area contributed by atoms with E-state index in [-0.39, 0.29) is 17.9 Å². The molecule has 2 fully saturated rings. The highest BCUT2D eigenvalue weighted by Crippen LogP contribution is 2.42. The molecule has 8 heteroatoms. The van der Waals surface area contributed by atoms with Gasteiger partial charge < -0.3 is 9.64 Å². The number of aromatic nitrogens is 2. The first-order chi connectivity index (χ1) is 18.5. The van der Waals surface area contributed by atoms with E-state index in [0.29, 0.717) is 17.5 Å². The maximum atomic E-state index is 13.8. The Balaban J connectivity index is 1.31. The fourth-order valence-electron chi connectivity index (χ4n) is 5.91. The summed E-state index contributed by atoms with van der Waals surface area (Å²) in [6.07, 6.45) is 11.0. The van der Waals surface area contributed by atoms with Gasteiger partial charge in [0.2, 0.25) is 5.91 Å². The number of carbonyl (C=O) groups excluding carboxylic acids is 1. The Kier molecular flexibility index (Phi) is 7.32. The van der Waals surface area contributed by atoms with Gasteiger partial charge in [-0.3, -0.25) is 9.69 Å². The molecule has 6 nitrogen and oxygen atoms in total. The van der Waals surface area contributed by atoms with Crippen LogP contribution in [0.15, 0.2) is 35.8 Å². The topological polar surface area (TPSA) is 58.6 Å². The van der Waals surface area contributed by atoms with Crippen LogP contribution in [-0.2, 0) is 4.79 Å². The first-order valence-corrected chi connectivity index (χ1v) is 15.2. The zero-order chi connectivity index (χ0) is 26.2. The van der Waals surface area contributed by atoms with E-state index in [1.54, 1.807) is 11.3 Å². The molecule has 1 atom stereocenters. The molecule has 38 heavy (non-hydrogen) atoms. The summed E-state index contributed by atoms with van der Waals surface area (Å²) in [4.78, 5) is 27.7. The number of rotatable bonds is 8. The van der Waals surface area contributed by atoms with Crippen LogP contribution in [0, 0.1) is 11.8 Å². The van der Waals surface area contributed by atoms with Crippen molar-refractivity contribution in [2.24, 2.45) is 11.8 Å². The number of carbonyl (C=O) groups is 1. The number of halogens is 1. The van der Waals surface area contributed by atoms with Crippen LogP contribution in [0.3, 0.4) is 0 Å². The third-order valence-corrected chi connectivity index (χ3v) is 9.30. The van der Waals surface area contributed by atoms with Gasteiger partial charge >= 0.3 is 0 Å². The number of likely N-dealkylation sites (N-methyl/N-ethyl adjacent to an activating group) is 1. The van der Waals surface area contributed by atoms with Crippen LogP contribution in [0.4, 0.5) is 10.9 Å². The summed E-state index contributed by atoms with van der Waals surface area (Å²) in [7, 11) is 2.03. The van der Waals surface area contributed by atoms with Gasteiger partial charge in [0.1, 0.15) is 6.61 Å². The zero-order valence-electron chi connectivity index (χ0n) is 22.2. The van der Waals surface area contributed by atoms with E-state index in [1.165, 1.54) is 25.7 Å². The maximum absolute atomic E-state index is 13.8. The molecule has 0 radical (unpaired) electrons. The standard InChI is InChI=1S/C30H35ClN4O2S/c1-3-20(14-19-6-4-5-7-19)29(36)35(23-9-10-23)30-33-26(18-38-30)25-16-22(31)8-11-24(25)21-15-27-28(32-17-21)34(2)12-13-37-27/h8,11,15-20,23H,3-7,9-10,12-14H2,1-2H3/t20-/m1/s1. The summed E-state index contributed by atoms with van der Waals surface area (Å²) in [5, 5.41) is 3.51. The van der Waals surface area contributed by atoms with Crippen LogP contribution < -0.4 is 14.5 Å². The van der Waals surface area contributed by atoms with Crippen LogP contribution >= 0.6 is 22.9 Å². The fourth-order valence-corrected chi connectivity index (χ4v) is 6.98. The number of amides is 1. The molecular formula is C30H35ClN4O2S. The zero-order valence-corrected chi connectivity index (χ0v) is 23.7. The first kappa shape index (κ1) is 25.6. The predicted molar refractivity (Wildman–Crippen MR) is 155 cm³/mol. The summed E-state index contributed by atoms with van der Waals surface area (Å²) in [6, 6.07) is 8.20. The molecule has 0 unspecified atom stereocenters. The van der Waals surface area contributed by atoms with Gasteiger partial charge in [-0.15, -0.1) is 11.3 Å². The third kappa shape index (κ3) is 5.15. The van der Waals surface area contributed by atoms with Crippen molar-refractivity contribution in [2.45, 2.75) is 64.3 Å². The molecule has 2 aromatic heterocycles. The molecular weight excluding hydrogens is 516 g/mol. The lowest BCUT2D eigenvalue weighted by Crippen LogP contribution is -2.38. The maximum Gasteiger partial charge on any atom is 0.232 e. The van der Waals surface area contributed by atoms with Crippen LogP contribution in [0.2, 0.25) is 5.02 Å². The van der Waals surface area contributed by atoms with Crippen molar-refractivity contribution in [2.75, 3.05) is 30.0 Å². The van der Waals surface area contributed by atoms with Gasteiger partial charge in [-0.2, -0.15) is 0 Å². The van der Waals surface area contributed by atoms with Crippen molar-refractivity contribution in [3.63, 3.8) is 0 Å². The molecule has 1 aromatic carbocycles. The number of pyridine rings is 1. The predicted octanol–water partition coefficient (Wildman–Crippen LogP) is 7.46. The van der Waals surface area contributed by atoms with E-state index in [1.807, 2.05) is 42.4 Å². The lowest BCUT2D eigenvalue weighted by atomic mass is 9.90. The molecule has 200 valence electrons. The molecule has 0 saturated heterocycles. The lowest BCUT2D eigenvalue weighted by molar-refractivity contribution is -0.123. The molecule has 6 rings (SSSR count). The summed E-state index contributed by atoms with van der Waals surface area (Å²) >= 11 is 8.03.